The summed E-state index contributed by atoms with van der Waals surface area (Å²) in [4.78, 5) is 11.9. The highest BCUT2D eigenvalue weighted by molar-refractivity contribution is 7.89. The molecule has 2 rings (SSSR count). The number of likely N-dealkylation sites (N-methyl/N-ethyl adjacent to an activating group) is 1. The van der Waals surface area contributed by atoms with E-state index in [0.29, 0.717) is 10.7 Å². The van der Waals surface area contributed by atoms with Gasteiger partial charge in [-0.15, -0.1) is 0 Å². The van der Waals surface area contributed by atoms with Gasteiger partial charge in [0, 0.05) is 22.8 Å². The Balaban J connectivity index is 2.14. The molecule has 0 radical (unpaired) electrons. The van der Waals surface area contributed by atoms with Crippen LogP contribution in [0, 0.1) is 0 Å². The fourth-order valence-electron chi connectivity index (χ4n) is 1.90. The normalized spacial score (nSPS) is 11.5. The van der Waals surface area contributed by atoms with Crippen LogP contribution in [-0.2, 0) is 14.8 Å². The number of amides is 1. The molecule has 0 atom stereocenters. The van der Waals surface area contributed by atoms with Gasteiger partial charge in [0.1, 0.15) is 4.90 Å². The van der Waals surface area contributed by atoms with Crippen molar-refractivity contribution in [2.24, 2.45) is 0 Å². The first-order chi connectivity index (χ1) is 11.2. The second-order valence-electron chi connectivity index (χ2n) is 4.89. The Bertz CT molecular complexity index is 872. The maximum absolute atomic E-state index is 12.5. The number of carbonyl (C=O) groups excluding carboxylic acids is 1. The SMILES string of the molecule is CN(CC(=O)Nc1cccc(Cl)c1)S(=O)(=O)c1cc(Cl)ccc1Cl. The molecule has 0 aliphatic heterocycles. The van der Waals surface area contributed by atoms with Crippen molar-refractivity contribution in [3.8, 4) is 0 Å². The Kier molecular flexibility index (Phi) is 6.11. The molecule has 2 aromatic rings. The van der Waals surface area contributed by atoms with E-state index in [1.54, 1.807) is 24.3 Å². The number of hydrogen-bond donors (Lipinski definition) is 1. The van der Waals surface area contributed by atoms with Gasteiger partial charge in [-0.2, -0.15) is 4.31 Å². The van der Waals surface area contributed by atoms with Crippen molar-refractivity contribution >= 4 is 56.4 Å². The van der Waals surface area contributed by atoms with E-state index in [1.165, 1.54) is 25.2 Å². The summed E-state index contributed by atoms with van der Waals surface area (Å²) in [5, 5.41) is 3.29. The molecule has 128 valence electrons. The topological polar surface area (TPSA) is 66.5 Å². The Hall–Kier alpha value is -1.31. The molecule has 2 aromatic carbocycles. The Morgan fingerprint density at radius 3 is 2.42 bits per heavy atom. The first-order valence-electron chi connectivity index (χ1n) is 6.67. The fourth-order valence-corrected chi connectivity index (χ4v) is 3.95. The highest BCUT2D eigenvalue weighted by Gasteiger charge is 2.25. The van der Waals surface area contributed by atoms with E-state index in [9.17, 15) is 13.2 Å². The standard InChI is InChI=1S/C15H13Cl3N2O3S/c1-20(9-15(21)19-12-4-2-3-10(16)7-12)24(22,23)14-8-11(17)5-6-13(14)18/h2-8H,9H2,1H3,(H,19,21). The molecule has 0 fully saturated rings. The van der Waals surface area contributed by atoms with Crippen LogP contribution >= 0.6 is 34.8 Å². The van der Waals surface area contributed by atoms with Crippen molar-refractivity contribution in [1.29, 1.82) is 0 Å². The molecule has 1 amide bonds. The van der Waals surface area contributed by atoms with Crippen molar-refractivity contribution in [3.63, 3.8) is 0 Å². The monoisotopic (exact) mass is 406 g/mol. The average Bonchev–Trinajstić information content (AvgIpc) is 2.49. The van der Waals surface area contributed by atoms with Crippen molar-refractivity contribution in [2.75, 3.05) is 18.9 Å². The van der Waals surface area contributed by atoms with Gasteiger partial charge in [0.25, 0.3) is 0 Å². The van der Waals surface area contributed by atoms with Crippen molar-refractivity contribution in [2.45, 2.75) is 4.90 Å². The van der Waals surface area contributed by atoms with Crippen LogP contribution in [0.3, 0.4) is 0 Å². The third-order valence-corrected chi connectivity index (χ3v) is 5.81. The second kappa shape index (κ2) is 7.72. The number of hydrogen-bond acceptors (Lipinski definition) is 3. The van der Waals surface area contributed by atoms with Crippen LogP contribution in [0.2, 0.25) is 15.1 Å². The van der Waals surface area contributed by atoms with Crippen molar-refractivity contribution in [1.82, 2.24) is 4.31 Å². The number of anilines is 1. The van der Waals surface area contributed by atoms with Gasteiger partial charge in [0.15, 0.2) is 0 Å². The number of rotatable bonds is 5. The number of nitrogens with one attached hydrogen (secondary N) is 1. The van der Waals surface area contributed by atoms with Crippen LogP contribution in [0.4, 0.5) is 5.69 Å². The first kappa shape index (κ1) is 19.0. The Morgan fingerprint density at radius 2 is 1.75 bits per heavy atom. The van der Waals surface area contributed by atoms with Crippen LogP contribution in [-0.4, -0.2) is 32.2 Å². The minimum atomic E-state index is -3.96. The fraction of sp³-hybridized carbons (Fsp3) is 0.133. The predicted octanol–water partition coefficient (Wildman–Crippen LogP) is 3.91. The van der Waals surface area contributed by atoms with Crippen LogP contribution in [0.15, 0.2) is 47.4 Å². The van der Waals surface area contributed by atoms with E-state index < -0.39 is 22.5 Å². The lowest BCUT2D eigenvalue weighted by atomic mass is 10.3. The molecule has 0 aliphatic carbocycles. The minimum absolute atomic E-state index is 0.0292. The summed E-state index contributed by atoms with van der Waals surface area (Å²) in [6, 6.07) is 10.6. The van der Waals surface area contributed by atoms with E-state index in [4.69, 9.17) is 34.8 Å². The molecular weight excluding hydrogens is 395 g/mol. The first-order valence-corrected chi connectivity index (χ1v) is 9.24. The lowest BCUT2D eigenvalue weighted by Crippen LogP contribution is -2.35. The summed E-state index contributed by atoms with van der Waals surface area (Å²) in [5.74, 6) is -0.513. The number of carbonyl (C=O) groups is 1. The molecular formula is C15H13Cl3N2O3S. The molecule has 9 heteroatoms. The van der Waals surface area contributed by atoms with E-state index in [0.717, 1.165) is 4.31 Å². The lowest BCUT2D eigenvalue weighted by Gasteiger charge is -2.18. The number of benzene rings is 2. The van der Waals surface area contributed by atoms with Gasteiger partial charge in [0.2, 0.25) is 15.9 Å². The highest BCUT2D eigenvalue weighted by Crippen LogP contribution is 2.27. The van der Waals surface area contributed by atoms with Crippen LogP contribution < -0.4 is 5.32 Å². The molecule has 5 nitrogen and oxygen atoms in total. The van der Waals surface area contributed by atoms with Crippen molar-refractivity contribution in [3.05, 3.63) is 57.5 Å². The maximum atomic E-state index is 12.5. The molecule has 0 aliphatic rings. The quantitative estimate of drug-likeness (QED) is 0.817. The third-order valence-electron chi connectivity index (χ3n) is 3.06. The summed E-state index contributed by atoms with van der Waals surface area (Å²) in [5.41, 5.74) is 0.471. The summed E-state index contributed by atoms with van der Waals surface area (Å²) in [6.07, 6.45) is 0. The summed E-state index contributed by atoms with van der Waals surface area (Å²) >= 11 is 17.6. The molecule has 24 heavy (non-hydrogen) atoms. The van der Waals surface area contributed by atoms with Gasteiger partial charge in [-0.05, 0) is 36.4 Å². The smallest absolute Gasteiger partial charge is 0.244 e. The zero-order valence-corrected chi connectivity index (χ0v) is 15.5. The van der Waals surface area contributed by atoms with Gasteiger partial charge in [-0.3, -0.25) is 4.79 Å². The zero-order chi connectivity index (χ0) is 17.9. The molecule has 0 bridgehead atoms. The highest BCUT2D eigenvalue weighted by atomic mass is 35.5. The molecule has 0 saturated carbocycles. The Morgan fingerprint density at radius 1 is 1.08 bits per heavy atom. The van der Waals surface area contributed by atoms with Gasteiger partial charge in [-0.1, -0.05) is 40.9 Å². The summed E-state index contributed by atoms with van der Waals surface area (Å²) in [7, 11) is -2.68. The number of nitrogens with zero attached hydrogens (tertiary/aromatic N) is 1. The summed E-state index contributed by atoms with van der Waals surface area (Å²) < 4.78 is 26.0. The van der Waals surface area contributed by atoms with E-state index in [2.05, 4.69) is 5.32 Å². The lowest BCUT2D eigenvalue weighted by molar-refractivity contribution is -0.116. The molecule has 0 heterocycles. The molecule has 0 aromatic heterocycles. The second-order valence-corrected chi connectivity index (χ2v) is 8.19. The maximum Gasteiger partial charge on any atom is 0.244 e. The Labute approximate surface area is 155 Å². The van der Waals surface area contributed by atoms with E-state index >= 15 is 0 Å². The minimum Gasteiger partial charge on any atom is -0.325 e. The average molecular weight is 408 g/mol. The van der Waals surface area contributed by atoms with E-state index in [-0.39, 0.29) is 14.9 Å². The largest absolute Gasteiger partial charge is 0.325 e. The molecule has 1 N–H and O–H groups in total. The van der Waals surface area contributed by atoms with Crippen LogP contribution in [0.5, 0.6) is 0 Å². The van der Waals surface area contributed by atoms with Gasteiger partial charge in [-0.25, -0.2) is 8.42 Å². The van der Waals surface area contributed by atoms with Gasteiger partial charge >= 0.3 is 0 Å². The van der Waals surface area contributed by atoms with Gasteiger partial charge in [0.05, 0.1) is 11.6 Å². The predicted molar refractivity (Wildman–Crippen MR) is 96.4 cm³/mol. The van der Waals surface area contributed by atoms with E-state index in [1.807, 2.05) is 0 Å². The third kappa shape index (κ3) is 4.62. The molecule has 0 spiro atoms. The summed E-state index contributed by atoms with van der Waals surface area (Å²) in [6.45, 7) is -0.391. The molecule has 0 saturated heterocycles. The van der Waals surface area contributed by atoms with Crippen LogP contribution in [0.1, 0.15) is 0 Å². The van der Waals surface area contributed by atoms with Gasteiger partial charge < -0.3 is 5.32 Å². The number of sulfonamides is 1. The molecule has 0 unspecified atom stereocenters. The van der Waals surface area contributed by atoms with Crippen LogP contribution in [0.25, 0.3) is 0 Å². The van der Waals surface area contributed by atoms with Crippen molar-refractivity contribution < 1.29 is 13.2 Å². The number of halogens is 3. The zero-order valence-electron chi connectivity index (χ0n) is 12.5.